The molecule has 1 fully saturated rings. The van der Waals surface area contributed by atoms with E-state index in [9.17, 15) is 4.79 Å². The van der Waals surface area contributed by atoms with E-state index in [-0.39, 0.29) is 12.5 Å². The zero-order chi connectivity index (χ0) is 8.81. The van der Waals surface area contributed by atoms with E-state index in [0.29, 0.717) is 12.5 Å². The van der Waals surface area contributed by atoms with Crippen LogP contribution in [0.2, 0.25) is 0 Å². The lowest BCUT2D eigenvalue weighted by Crippen LogP contribution is -2.48. The fourth-order valence-corrected chi connectivity index (χ4v) is 0.997. The lowest BCUT2D eigenvalue weighted by molar-refractivity contribution is -0.125. The van der Waals surface area contributed by atoms with E-state index in [1.54, 1.807) is 0 Å². The third kappa shape index (κ3) is 3.19. The smallest absolute Gasteiger partial charge is 0.246 e. The van der Waals surface area contributed by atoms with Crippen molar-refractivity contribution < 1.29 is 9.53 Å². The van der Waals surface area contributed by atoms with Gasteiger partial charge in [-0.1, -0.05) is 0 Å². The topological polar surface area (TPSA) is 50.4 Å². The van der Waals surface area contributed by atoms with Crippen LogP contribution in [0, 0.1) is 5.92 Å². The van der Waals surface area contributed by atoms with E-state index in [0.717, 1.165) is 19.6 Å². The van der Waals surface area contributed by atoms with Gasteiger partial charge in [-0.05, 0) is 6.92 Å². The van der Waals surface area contributed by atoms with Crippen molar-refractivity contribution in [2.45, 2.75) is 6.92 Å². The predicted molar refractivity (Wildman–Crippen MR) is 45.9 cm³/mol. The quantitative estimate of drug-likeness (QED) is 0.580. The first-order chi connectivity index (χ1) is 5.83. The van der Waals surface area contributed by atoms with Gasteiger partial charge in [-0.3, -0.25) is 4.79 Å². The minimum atomic E-state index is -0.0104. The van der Waals surface area contributed by atoms with Crippen LogP contribution in [-0.4, -0.2) is 38.8 Å². The highest BCUT2D eigenvalue weighted by atomic mass is 16.5. The maximum Gasteiger partial charge on any atom is 0.246 e. The number of amides is 1. The molecule has 2 N–H and O–H groups in total. The molecule has 1 aliphatic rings. The fourth-order valence-electron chi connectivity index (χ4n) is 0.997. The number of hydrogen-bond donors (Lipinski definition) is 2. The number of carbonyl (C=O) groups is 1. The molecule has 0 radical (unpaired) electrons. The SMILES string of the molecule is CCOCC(=O)NCC1CNC1. The average molecular weight is 172 g/mol. The molecule has 12 heavy (non-hydrogen) atoms. The van der Waals surface area contributed by atoms with Crippen LogP contribution in [-0.2, 0) is 9.53 Å². The monoisotopic (exact) mass is 172 g/mol. The Morgan fingerprint density at radius 3 is 2.92 bits per heavy atom. The van der Waals surface area contributed by atoms with Gasteiger partial charge in [0.05, 0.1) is 0 Å². The zero-order valence-corrected chi connectivity index (χ0v) is 7.43. The molecule has 0 aromatic carbocycles. The summed E-state index contributed by atoms with van der Waals surface area (Å²) in [5.74, 6) is 0.610. The van der Waals surface area contributed by atoms with Gasteiger partial charge in [-0.15, -0.1) is 0 Å². The van der Waals surface area contributed by atoms with Crippen molar-refractivity contribution in [1.82, 2.24) is 10.6 Å². The van der Waals surface area contributed by atoms with Gasteiger partial charge >= 0.3 is 0 Å². The Balaban J connectivity index is 1.94. The third-order valence-corrected chi connectivity index (χ3v) is 1.89. The molecule has 0 unspecified atom stereocenters. The normalized spacial score (nSPS) is 17.1. The first kappa shape index (κ1) is 9.48. The Morgan fingerprint density at radius 1 is 1.67 bits per heavy atom. The molecule has 0 aromatic rings. The van der Waals surface area contributed by atoms with E-state index in [2.05, 4.69) is 10.6 Å². The second-order valence-electron chi connectivity index (χ2n) is 2.97. The van der Waals surface area contributed by atoms with Crippen LogP contribution >= 0.6 is 0 Å². The highest BCUT2D eigenvalue weighted by molar-refractivity contribution is 5.77. The van der Waals surface area contributed by atoms with Gasteiger partial charge in [0.25, 0.3) is 0 Å². The van der Waals surface area contributed by atoms with Gasteiger partial charge in [0.2, 0.25) is 5.91 Å². The van der Waals surface area contributed by atoms with Crippen LogP contribution in [0.4, 0.5) is 0 Å². The summed E-state index contributed by atoms with van der Waals surface area (Å²) in [5.41, 5.74) is 0. The van der Waals surface area contributed by atoms with Gasteiger partial charge in [0, 0.05) is 32.2 Å². The molecule has 1 heterocycles. The van der Waals surface area contributed by atoms with E-state index in [1.165, 1.54) is 0 Å². The maximum absolute atomic E-state index is 11.0. The Kier molecular flexibility index (Phi) is 4.04. The Bertz CT molecular complexity index is 146. The highest BCUT2D eigenvalue weighted by Gasteiger charge is 2.16. The largest absolute Gasteiger partial charge is 0.372 e. The van der Waals surface area contributed by atoms with E-state index < -0.39 is 0 Å². The summed E-state index contributed by atoms with van der Waals surface area (Å²) in [6, 6.07) is 0. The lowest BCUT2D eigenvalue weighted by atomic mass is 10.0. The van der Waals surface area contributed by atoms with Crippen molar-refractivity contribution in [3.8, 4) is 0 Å². The van der Waals surface area contributed by atoms with Crippen molar-refractivity contribution in [3.63, 3.8) is 0 Å². The van der Waals surface area contributed by atoms with Crippen molar-refractivity contribution >= 4 is 5.91 Å². The molecule has 0 aliphatic carbocycles. The molecule has 0 aromatic heterocycles. The summed E-state index contributed by atoms with van der Waals surface area (Å²) in [5, 5.41) is 5.96. The number of ether oxygens (including phenoxy) is 1. The second-order valence-corrected chi connectivity index (χ2v) is 2.97. The van der Waals surface area contributed by atoms with Crippen molar-refractivity contribution in [2.75, 3.05) is 32.8 Å². The summed E-state index contributed by atoms with van der Waals surface area (Å²) in [6.07, 6.45) is 0. The van der Waals surface area contributed by atoms with Crippen LogP contribution < -0.4 is 10.6 Å². The molecule has 4 nitrogen and oxygen atoms in total. The lowest BCUT2D eigenvalue weighted by Gasteiger charge is -2.26. The minimum Gasteiger partial charge on any atom is -0.372 e. The summed E-state index contributed by atoms with van der Waals surface area (Å²) in [7, 11) is 0. The maximum atomic E-state index is 11.0. The summed E-state index contributed by atoms with van der Waals surface area (Å²) in [4.78, 5) is 11.0. The van der Waals surface area contributed by atoms with Gasteiger partial charge in [-0.25, -0.2) is 0 Å². The third-order valence-electron chi connectivity index (χ3n) is 1.89. The van der Waals surface area contributed by atoms with E-state index >= 15 is 0 Å². The molecule has 0 bridgehead atoms. The Labute approximate surface area is 72.7 Å². The van der Waals surface area contributed by atoms with Crippen LogP contribution in [0.3, 0.4) is 0 Å². The number of rotatable bonds is 5. The average Bonchev–Trinajstić information content (AvgIpc) is 1.98. The number of carbonyl (C=O) groups excluding carboxylic acids is 1. The molecule has 1 aliphatic heterocycles. The first-order valence-corrected chi connectivity index (χ1v) is 4.38. The number of nitrogens with one attached hydrogen (secondary N) is 2. The minimum absolute atomic E-state index is 0.0104. The predicted octanol–water partition coefficient (Wildman–Crippen LogP) is -0.641. The molecule has 4 heteroatoms. The zero-order valence-electron chi connectivity index (χ0n) is 7.43. The summed E-state index contributed by atoms with van der Waals surface area (Å²) in [6.45, 7) is 5.49. The van der Waals surface area contributed by atoms with Crippen molar-refractivity contribution in [2.24, 2.45) is 5.92 Å². The number of hydrogen-bond acceptors (Lipinski definition) is 3. The Hall–Kier alpha value is -0.610. The van der Waals surface area contributed by atoms with E-state index in [4.69, 9.17) is 4.74 Å². The standard InChI is InChI=1S/C8H16N2O2/c1-2-12-6-8(11)10-5-7-3-9-4-7/h7,9H,2-6H2,1H3,(H,10,11). The van der Waals surface area contributed by atoms with E-state index in [1.807, 2.05) is 6.92 Å². The van der Waals surface area contributed by atoms with Crippen LogP contribution in [0.15, 0.2) is 0 Å². The first-order valence-electron chi connectivity index (χ1n) is 4.38. The van der Waals surface area contributed by atoms with Crippen molar-refractivity contribution in [1.29, 1.82) is 0 Å². The molecule has 0 spiro atoms. The molecular weight excluding hydrogens is 156 g/mol. The van der Waals surface area contributed by atoms with Gasteiger partial charge in [-0.2, -0.15) is 0 Å². The molecule has 1 rings (SSSR count). The molecular formula is C8H16N2O2. The van der Waals surface area contributed by atoms with Gasteiger partial charge in [0.1, 0.15) is 6.61 Å². The molecule has 1 amide bonds. The fraction of sp³-hybridized carbons (Fsp3) is 0.875. The van der Waals surface area contributed by atoms with Crippen LogP contribution in [0.5, 0.6) is 0 Å². The van der Waals surface area contributed by atoms with Crippen molar-refractivity contribution in [3.05, 3.63) is 0 Å². The van der Waals surface area contributed by atoms with Gasteiger partial charge in [0.15, 0.2) is 0 Å². The van der Waals surface area contributed by atoms with Crippen LogP contribution in [0.1, 0.15) is 6.92 Å². The van der Waals surface area contributed by atoms with Crippen LogP contribution in [0.25, 0.3) is 0 Å². The molecule has 0 saturated carbocycles. The summed E-state index contributed by atoms with van der Waals surface area (Å²) >= 11 is 0. The second kappa shape index (κ2) is 5.11. The highest BCUT2D eigenvalue weighted by Crippen LogP contribution is 1.99. The summed E-state index contributed by atoms with van der Waals surface area (Å²) < 4.78 is 4.95. The molecule has 1 saturated heterocycles. The molecule has 0 atom stereocenters. The Morgan fingerprint density at radius 2 is 2.42 bits per heavy atom. The molecule has 70 valence electrons. The van der Waals surface area contributed by atoms with Gasteiger partial charge < -0.3 is 15.4 Å².